The van der Waals surface area contributed by atoms with E-state index in [0.29, 0.717) is 57.5 Å². The summed E-state index contributed by atoms with van der Waals surface area (Å²) < 4.78 is 43.0. The van der Waals surface area contributed by atoms with Gasteiger partial charge in [0.2, 0.25) is 5.91 Å². The predicted molar refractivity (Wildman–Crippen MR) is 162 cm³/mol. The number of benzene rings is 1. The summed E-state index contributed by atoms with van der Waals surface area (Å²) in [6.07, 6.45) is -0.502. The van der Waals surface area contributed by atoms with Gasteiger partial charge in [0.1, 0.15) is 6.04 Å². The molecule has 2 saturated heterocycles. The molecule has 11 nitrogen and oxygen atoms in total. The van der Waals surface area contributed by atoms with Crippen molar-refractivity contribution < 1.29 is 32.1 Å². The summed E-state index contributed by atoms with van der Waals surface area (Å²) in [5, 5.41) is 5.43. The first-order valence-corrected chi connectivity index (χ1v) is 15.4. The van der Waals surface area contributed by atoms with Gasteiger partial charge in [-0.05, 0) is 63.5 Å². The van der Waals surface area contributed by atoms with Gasteiger partial charge in [-0.3, -0.25) is 9.69 Å². The topological polar surface area (TPSA) is 118 Å². The lowest BCUT2D eigenvalue weighted by molar-refractivity contribution is -0.703. The van der Waals surface area contributed by atoms with Gasteiger partial charge in [-0.15, -0.1) is 0 Å². The van der Waals surface area contributed by atoms with Crippen molar-refractivity contribution in [1.29, 1.82) is 0 Å². The number of nitrogen functional groups attached to an aromatic ring is 1. The predicted octanol–water partition coefficient (Wildman–Crippen LogP) is 3.37. The Balaban J connectivity index is 1.28. The summed E-state index contributed by atoms with van der Waals surface area (Å²) in [6, 6.07) is 6.16. The quantitative estimate of drug-likeness (QED) is 0.327. The Morgan fingerprint density at radius 1 is 1.11 bits per heavy atom. The lowest BCUT2D eigenvalue weighted by atomic mass is 9.99. The van der Waals surface area contributed by atoms with Crippen molar-refractivity contribution >= 4 is 41.1 Å². The van der Waals surface area contributed by atoms with Gasteiger partial charge in [-0.25, -0.2) is 14.2 Å². The molecule has 3 aliphatic rings. The summed E-state index contributed by atoms with van der Waals surface area (Å²) >= 11 is 6.07. The Morgan fingerprint density at radius 2 is 1.78 bits per heavy atom. The molecule has 1 atom stereocenters. The minimum atomic E-state index is -4.74. The number of halogens is 4. The fraction of sp³-hybridized carbons (Fsp3) is 0.533. The first-order chi connectivity index (χ1) is 21.3. The molecule has 0 unspecified atom stereocenters. The number of carbonyl (C=O) groups is 3. The number of rotatable bonds is 6. The zero-order valence-electron chi connectivity index (χ0n) is 25.3. The second-order valence-corrected chi connectivity index (χ2v) is 12.5. The van der Waals surface area contributed by atoms with Crippen LogP contribution < -0.4 is 20.9 Å². The van der Waals surface area contributed by atoms with E-state index in [1.165, 1.54) is 6.07 Å². The number of nitrogens with two attached hydrogens (primary N) is 1. The third-order valence-corrected chi connectivity index (χ3v) is 9.28. The number of pyridine rings is 1. The van der Waals surface area contributed by atoms with E-state index >= 15 is 0 Å². The van der Waals surface area contributed by atoms with Crippen molar-refractivity contribution in [1.82, 2.24) is 24.9 Å². The van der Waals surface area contributed by atoms with E-state index in [-0.39, 0.29) is 35.0 Å². The van der Waals surface area contributed by atoms with Gasteiger partial charge < -0.3 is 25.8 Å². The van der Waals surface area contributed by atoms with Gasteiger partial charge >= 0.3 is 18.2 Å². The van der Waals surface area contributed by atoms with Gasteiger partial charge in [0.15, 0.2) is 6.67 Å². The van der Waals surface area contributed by atoms with E-state index in [0.717, 1.165) is 18.9 Å². The molecule has 4 heterocycles. The van der Waals surface area contributed by atoms with Gasteiger partial charge in [-0.2, -0.15) is 18.5 Å². The van der Waals surface area contributed by atoms with Crippen LogP contribution in [0.25, 0.3) is 0 Å². The number of likely N-dealkylation sites (tertiary alicyclic amines) is 2. The Hall–Kier alpha value is -3.78. The van der Waals surface area contributed by atoms with Crippen LogP contribution in [0.1, 0.15) is 36.8 Å². The maximum absolute atomic E-state index is 13.8. The van der Waals surface area contributed by atoms with E-state index in [2.05, 4.69) is 15.5 Å². The second kappa shape index (κ2) is 13.3. The van der Waals surface area contributed by atoms with Crippen LogP contribution in [0.5, 0.6) is 0 Å². The van der Waals surface area contributed by atoms with E-state index in [9.17, 15) is 27.6 Å². The molecule has 0 aliphatic carbocycles. The number of alkyl halides is 3. The maximum atomic E-state index is 13.8. The van der Waals surface area contributed by atoms with E-state index in [1.807, 2.05) is 43.1 Å². The molecule has 0 bridgehead atoms. The molecule has 45 heavy (non-hydrogen) atoms. The van der Waals surface area contributed by atoms with Gasteiger partial charge in [-0.1, -0.05) is 17.7 Å². The average molecular weight is 652 g/mol. The maximum Gasteiger partial charge on any atom is 0.418 e. The fourth-order valence-corrected chi connectivity index (χ4v) is 6.55. The molecule has 5 amide bonds. The standard InChI is InChI=1S/C30H38ClF3N8O3/c1-38(2)20-6-11-39(12-7-20)27(43)24(17-19-15-22(30(32,33)34)26(35)23(31)16-19)36-28(44)40-13-8-21(9-14-40)42-18-41-10-4-3-5-25(41)37-29(42)45/h3-5,10,15-16,20-21,24H,6-9,11-14,17-18,35H2,1-2H3,(H,36,44)/p+1/t24-/m1/s1. The van der Waals surface area contributed by atoms with Crippen LogP contribution >= 0.6 is 11.6 Å². The van der Waals surface area contributed by atoms with Crippen LogP contribution in [-0.4, -0.2) is 96.0 Å². The van der Waals surface area contributed by atoms with Crippen LogP contribution in [-0.2, 0) is 24.1 Å². The van der Waals surface area contributed by atoms with E-state index < -0.39 is 29.5 Å². The second-order valence-electron chi connectivity index (χ2n) is 12.1. The number of nitrogens with one attached hydrogen (secondary N) is 2. The SMILES string of the molecule is CN(C)C1CCN(C(=O)[C@@H](Cc2cc(Cl)c(N)c(C(F)(F)F)c2)NC(=O)N2CCC(N3C[n+]4ccccc4NC3=O)CC2)CC1. The zero-order chi connectivity index (χ0) is 32.5. The minimum absolute atomic E-state index is 0.0944. The van der Waals surface area contributed by atoms with E-state index in [4.69, 9.17) is 17.3 Å². The molecule has 5 rings (SSSR count). The number of carbonyl (C=O) groups excluding carboxylic acids is 3. The van der Waals surface area contributed by atoms with Crippen LogP contribution in [0, 0.1) is 0 Å². The molecular formula is C30H39ClF3N8O3+. The highest BCUT2D eigenvalue weighted by atomic mass is 35.5. The van der Waals surface area contributed by atoms with Crippen LogP contribution in [0.2, 0.25) is 5.02 Å². The van der Waals surface area contributed by atoms with Crippen molar-refractivity contribution in [3.63, 3.8) is 0 Å². The number of piperidine rings is 2. The van der Waals surface area contributed by atoms with Crippen molar-refractivity contribution in [2.45, 2.75) is 63.1 Å². The van der Waals surface area contributed by atoms with Gasteiger partial charge in [0.25, 0.3) is 5.82 Å². The number of fused-ring (bicyclic) bond motifs is 1. The number of hydrogen-bond acceptors (Lipinski definition) is 5. The first-order valence-electron chi connectivity index (χ1n) is 15.0. The summed E-state index contributed by atoms with van der Waals surface area (Å²) in [4.78, 5) is 47.1. The van der Waals surface area contributed by atoms with Crippen molar-refractivity contribution in [2.24, 2.45) is 0 Å². The van der Waals surface area contributed by atoms with Crippen LogP contribution in [0.3, 0.4) is 0 Å². The Bertz CT molecular complexity index is 1430. The molecule has 15 heteroatoms. The summed E-state index contributed by atoms with van der Waals surface area (Å²) in [5.41, 5.74) is 4.09. The third kappa shape index (κ3) is 7.38. The molecule has 0 saturated carbocycles. The zero-order valence-corrected chi connectivity index (χ0v) is 26.1. The molecule has 4 N–H and O–H groups in total. The molecule has 2 fully saturated rings. The number of nitrogens with zero attached hydrogens (tertiary/aromatic N) is 5. The van der Waals surface area contributed by atoms with Crippen LogP contribution in [0.15, 0.2) is 36.5 Å². The first kappa shape index (κ1) is 32.6. The largest absolute Gasteiger partial charge is 0.418 e. The highest BCUT2D eigenvalue weighted by molar-refractivity contribution is 6.33. The minimum Gasteiger partial charge on any atom is -0.397 e. The van der Waals surface area contributed by atoms with Crippen LogP contribution in [0.4, 0.5) is 34.3 Å². The Kier molecular flexibility index (Phi) is 9.63. The molecule has 0 radical (unpaired) electrons. The van der Waals surface area contributed by atoms with Crippen molar-refractivity contribution in [2.75, 3.05) is 51.3 Å². The average Bonchev–Trinajstić information content (AvgIpc) is 3.01. The van der Waals surface area contributed by atoms with Crippen molar-refractivity contribution in [3.05, 3.63) is 52.7 Å². The number of aromatic nitrogens is 1. The monoisotopic (exact) mass is 651 g/mol. The molecule has 3 aliphatic heterocycles. The van der Waals surface area contributed by atoms with E-state index in [1.54, 1.807) is 14.7 Å². The molecule has 0 spiro atoms. The summed E-state index contributed by atoms with van der Waals surface area (Å²) in [6.45, 7) is 2.01. The lowest BCUT2D eigenvalue weighted by Gasteiger charge is -2.39. The number of hydrogen-bond donors (Lipinski definition) is 3. The molecule has 244 valence electrons. The third-order valence-electron chi connectivity index (χ3n) is 8.97. The lowest BCUT2D eigenvalue weighted by Crippen LogP contribution is -2.61. The normalized spacial score (nSPS) is 18.9. The molecule has 1 aromatic carbocycles. The molecule has 2 aromatic rings. The fourth-order valence-electron chi connectivity index (χ4n) is 6.31. The van der Waals surface area contributed by atoms with Gasteiger partial charge in [0.05, 0.1) is 22.5 Å². The Morgan fingerprint density at radius 3 is 2.42 bits per heavy atom. The number of anilines is 2. The Labute approximate surface area is 265 Å². The molecule has 1 aromatic heterocycles. The summed E-state index contributed by atoms with van der Waals surface area (Å²) in [7, 11) is 3.96. The smallest absolute Gasteiger partial charge is 0.397 e. The summed E-state index contributed by atoms with van der Waals surface area (Å²) in [5.74, 6) is 0.347. The van der Waals surface area contributed by atoms with Crippen molar-refractivity contribution in [3.8, 4) is 0 Å². The number of amides is 5. The number of urea groups is 2. The van der Waals surface area contributed by atoms with Gasteiger partial charge in [0, 0.05) is 50.7 Å². The highest BCUT2D eigenvalue weighted by Crippen LogP contribution is 2.38. The molecular weight excluding hydrogens is 613 g/mol. The highest BCUT2D eigenvalue weighted by Gasteiger charge is 2.38.